The Bertz CT molecular complexity index is 476. The number of amides is 1. The van der Waals surface area contributed by atoms with Crippen molar-refractivity contribution in [2.75, 3.05) is 26.8 Å². The summed E-state index contributed by atoms with van der Waals surface area (Å²) < 4.78 is 16.0. The van der Waals surface area contributed by atoms with Gasteiger partial charge >= 0.3 is 0 Å². The van der Waals surface area contributed by atoms with Crippen LogP contribution in [0.5, 0.6) is 0 Å². The molecule has 1 aromatic rings. The van der Waals surface area contributed by atoms with E-state index in [-0.39, 0.29) is 24.7 Å². The highest BCUT2D eigenvalue weighted by atomic mass is 16.5. The lowest BCUT2D eigenvalue weighted by molar-refractivity contribution is -0.135. The molecule has 0 spiro atoms. The molecule has 0 unspecified atom stereocenters. The molecule has 2 aliphatic heterocycles. The summed E-state index contributed by atoms with van der Waals surface area (Å²) in [5, 5.41) is 3.78. The summed E-state index contributed by atoms with van der Waals surface area (Å²) >= 11 is 0. The molecule has 3 atom stereocenters. The van der Waals surface area contributed by atoms with Gasteiger partial charge in [-0.1, -0.05) is 5.16 Å². The van der Waals surface area contributed by atoms with Crippen molar-refractivity contribution in [3.63, 3.8) is 0 Å². The Morgan fingerprint density at radius 1 is 1.50 bits per heavy atom. The molecule has 0 bridgehead atoms. The topological polar surface area (TPSA) is 77.7 Å². The first-order valence-corrected chi connectivity index (χ1v) is 6.87. The third kappa shape index (κ3) is 2.69. The minimum Gasteiger partial charge on any atom is -0.375 e. The summed E-state index contributed by atoms with van der Waals surface area (Å²) in [6.45, 7) is 3.36. The van der Waals surface area contributed by atoms with Crippen LogP contribution in [-0.4, -0.2) is 60.0 Å². The molecule has 0 radical (unpaired) electrons. The second kappa shape index (κ2) is 5.49. The third-order valence-corrected chi connectivity index (χ3v) is 3.91. The Hall–Kier alpha value is -1.47. The molecule has 1 amide bonds. The molecular weight excluding hydrogens is 262 g/mol. The molecule has 2 fully saturated rings. The van der Waals surface area contributed by atoms with Crippen LogP contribution in [0.15, 0.2) is 4.52 Å². The standard InChI is InChI=1S/C13H19N3O4/c1-8-14-12(20-15-8)4-10-3-9-5-16(6-11(9)19-10)13(17)7-18-2/h9-11H,3-7H2,1-2H3/t9-,10-,11+/m0/s1. The first kappa shape index (κ1) is 13.5. The minimum atomic E-state index is 0.0366. The first-order valence-electron chi connectivity index (χ1n) is 6.87. The average molecular weight is 281 g/mol. The second-order valence-electron chi connectivity index (χ2n) is 5.46. The molecule has 0 N–H and O–H groups in total. The Kier molecular flexibility index (Phi) is 3.71. The van der Waals surface area contributed by atoms with Crippen molar-refractivity contribution in [1.29, 1.82) is 0 Å². The summed E-state index contributed by atoms with van der Waals surface area (Å²) in [6.07, 6.45) is 1.83. The SMILES string of the molecule is COCC(=O)N1C[C@@H]2C[C@@H](Cc3nc(C)no3)O[C@@H]2C1. The number of aromatic nitrogens is 2. The zero-order valence-electron chi connectivity index (χ0n) is 11.7. The van der Waals surface area contributed by atoms with Gasteiger partial charge in [0, 0.05) is 26.1 Å². The Morgan fingerprint density at radius 3 is 3.00 bits per heavy atom. The second-order valence-corrected chi connectivity index (χ2v) is 5.46. The maximum absolute atomic E-state index is 11.8. The van der Waals surface area contributed by atoms with Gasteiger partial charge in [-0.25, -0.2) is 0 Å². The monoisotopic (exact) mass is 281 g/mol. The first-order chi connectivity index (χ1) is 9.65. The van der Waals surface area contributed by atoms with Crippen LogP contribution in [0.2, 0.25) is 0 Å². The fourth-order valence-electron chi connectivity index (χ4n) is 3.03. The van der Waals surface area contributed by atoms with Crippen LogP contribution in [0, 0.1) is 12.8 Å². The number of fused-ring (bicyclic) bond motifs is 1. The summed E-state index contributed by atoms with van der Waals surface area (Å²) in [7, 11) is 1.54. The number of nitrogens with zero attached hydrogens (tertiary/aromatic N) is 3. The van der Waals surface area contributed by atoms with Crippen molar-refractivity contribution in [1.82, 2.24) is 15.0 Å². The number of ether oxygens (including phenoxy) is 2. The Morgan fingerprint density at radius 2 is 2.35 bits per heavy atom. The van der Waals surface area contributed by atoms with E-state index in [1.54, 1.807) is 6.92 Å². The number of rotatable bonds is 4. The lowest BCUT2D eigenvalue weighted by atomic mass is 10.0. The Balaban J connectivity index is 1.52. The van der Waals surface area contributed by atoms with Gasteiger partial charge in [0.2, 0.25) is 11.8 Å². The van der Waals surface area contributed by atoms with Crippen LogP contribution >= 0.6 is 0 Å². The summed E-state index contributed by atoms with van der Waals surface area (Å²) in [5.41, 5.74) is 0. The zero-order valence-corrected chi connectivity index (χ0v) is 11.7. The number of aryl methyl sites for hydroxylation is 1. The van der Waals surface area contributed by atoms with Crippen molar-refractivity contribution in [2.45, 2.75) is 32.0 Å². The summed E-state index contributed by atoms with van der Waals surface area (Å²) in [6, 6.07) is 0. The number of hydrogen-bond donors (Lipinski definition) is 0. The molecule has 2 saturated heterocycles. The van der Waals surface area contributed by atoms with Crippen LogP contribution in [0.4, 0.5) is 0 Å². The van der Waals surface area contributed by atoms with E-state index in [0.717, 1.165) is 13.0 Å². The maximum Gasteiger partial charge on any atom is 0.248 e. The lowest BCUT2D eigenvalue weighted by Crippen LogP contribution is -2.34. The molecule has 3 heterocycles. The molecule has 20 heavy (non-hydrogen) atoms. The molecule has 7 nitrogen and oxygen atoms in total. The van der Waals surface area contributed by atoms with Crippen LogP contribution in [-0.2, 0) is 20.7 Å². The average Bonchev–Trinajstić information content (AvgIpc) is 3.04. The highest BCUT2D eigenvalue weighted by Crippen LogP contribution is 2.34. The summed E-state index contributed by atoms with van der Waals surface area (Å²) in [5.74, 6) is 1.72. The molecule has 3 rings (SSSR count). The fourth-order valence-corrected chi connectivity index (χ4v) is 3.03. The molecule has 0 aromatic carbocycles. The van der Waals surface area contributed by atoms with Crippen LogP contribution in [0.3, 0.4) is 0 Å². The number of carbonyl (C=O) groups excluding carboxylic acids is 1. The minimum absolute atomic E-state index is 0.0366. The van der Waals surface area contributed by atoms with E-state index in [0.29, 0.717) is 30.6 Å². The number of carbonyl (C=O) groups is 1. The fraction of sp³-hybridized carbons (Fsp3) is 0.769. The van der Waals surface area contributed by atoms with Crippen molar-refractivity contribution < 1.29 is 18.8 Å². The number of hydrogen-bond acceptors (Lipinski definition) is 6. The van der Waals surface area contributed by atoms with Crippen LogP contribution < -0.4 is 0 Å². The van der Waals surface area contributed by atoms with Crippen molar-refractivity contribution in [3.05, 3.63) is 11.7 Å². The maximum atomic E-state index is 11.8. The van der Waals surface area contributed by atoms with E-state index in [1.807, 2.05) is 4.90 Å². The Labute approximate surface area is 117 Å². The van der Waals surface area contributed by atoms with Crippen molar-refractivity contribution >= 4 is 5.91 Å². The highest BCUT2D eigenvalue weighted by molar-refractivity contribution is 5.77. The van der Waals surface area contributed by atoms with Crippen LogP contribution in [0.25, 0.3) is 0 Å². The van der Waals surface area contributed by atoms with Crippen LogP contribution in [0.1, 0.15) is 18.1 Å². The van der Waals surface area contributed by atoms with Crippen molar-refractivity contribution in [2.24, 2.45) is 5.92 Å². The van der Waals surface area contributed by atoms with Gasteiger partial charge < -0.3 is 18.9 Å². The number of methoxy groups -OCH3 is 1. The van der Waals surface area contributed by atoms with E-state index in [2.05, 4.69) is 10.1 Å². The van der Waals surface area contributed by atoms with Gasteiger partial charge in [-0.05, 0) is 13.3 Å². The predicted octanol–water partition coefficient (Wildman–Crippen LogP) is 0.183. The molecule has 0 saturated carbocycles. The van der Waals surface area contributed by atoms with E-state index < -0.39 is 0 Å². The van der Waals surface area contributed by atoms with Gasteiger partial charge in [0.05, 0.1) is 18.6 Å². The summed E-state index contributed by atoms with van der Waals surface area (Å²) in [4.78, 5) is 17.8. The largest absolute Gasteiger partial charge is 0.375 e. The van der Waals surface area contributed by atoms with Gasteiger partial charge in [-0.15, -0.1) is 0 Å². The molecule has 1 aromatic heterocycles. The highest BCUT2D eigenvalue weighted by Gasteiger charge is 2.43. The number of likely N-dealkylation sites (tertiary alicyclic amines) is 1. The van der Waals surface area contributed by atoms with E-state index in [9.17, 15) is 4.79 Å². The predicted molar refractivity (Wildman–Crippen MR) is 68.0 cm³/mol. The van der Waals surface area contributed by atoms with Crippen molar-refractivity contribution in [3.8, 4) is 0 Å². The molecular formula is C13H19N3O4. The van der Waals surface area contributed by atoms with Gasteiger partial charge in [-0.3, -0.25) is 4.79 Å². The van der Waals surface area contributed by atoms with E-state index in [4.69, 9.17) is 14.0 Å². The van der Waals surface area contributed by atoms with E-state index >= 15 is 0 Å². The third-order valence-electron chi connectivity index (χ3n) is 3.91. The van der Waals surface area contributed by atoms with E-state index in [1.165, 1.54) is 7.11 Å². The molecule has 7 heteroatoms. The smallest absolute Gasteiger partial charge is 0.248 e. The molecule has 110 valence electrons. The molecule has 0 aliphatic carbocycles. The zero-order chi connectivity index (χ0) is 14.1. The van der Waals surface area contributed by atoms with Gasteiger partial charge in [0.15, 0.2) is 5.82 Å². The quantitative estimate of drug-likeness (QED) is 0.783. The normalized spacial score (nSPS) is 28.9. The lowest BCUT2D eigenvalue weighted by Gasteiger charge is -2.18. The van der Waals surface area contributed by atoms with Gasteiger partial charge in [0.1, 0.15) is 6.61 Å². The molecule has 2 aliphatic rings. The van der Waals surface area contributed by atoms with Gasteiger partial charge in [-0.2, -0.15) is 4.98 Å². The van der Waals surface area contributed by atoms with Gasteiger partial charge in [0.25, 0.3) is 0 Å².